The summed E-state index contributed by atoms with van der Waals surface area (Å²) in [5, 5.41) is 12.3. The number of hydrogen-bond donors (Lipinski definition) is 1. The van der Waals surface area contributed by atoms with E-state index in [1.54, 1.807) is 0 Å². The van der Waals surface area contributed by atoms with Gasteiger partial charge >= 0.3 is 0 Å². The molecule has 1 aliphatic heterocycles. The fourth-order valence-corrected chi connectivity index (χ4v) is 3.04. The molecule has 110 valence electrons. The van der Waals surface area contributed by atoms with Gasteiger partial charge in [0, 0.05) is 23.0 Å². The fourth-order valence-electron chi connectivity index (χ4n) is 2.00. The van der Waals surface area contributed by atoms with Crippen LogP contribution in [0.1, 0.15) is 17.4 Å². The van der Waals surface area contributed by atoms with Gasteiger partial charge in [0.2, 0.25) is 0 Å². The molecule has 1 aliphatic rings. The summed E-state index contributed by atoms with van der Waals surface area (Å²) in [4.78, 5) is 3.58. The molecule has 1 atom stereocenters. The Bertz CT molecular complexity index is 502. The van der Waals surface area contributed by atoms with Gasteiger partial charge in [-0.3, -0.25) is 4.90 Å². The van der Waals surface area contributed by atoms with Crippen molar-refractivity contribution in [1.82, 2.24) is 4.90 Å². The van der Waals surface area contributed by atoms with E-state index in [0.29, 0.717) is 0 Å². The summed E-state index contributed by atoms with van der Waals surface area (Å²) in [6.07, 6.45) is 0.788. The number of fused-ring (bicyclic) bond motifs is 1. The largest absolute Gasteiger partial charge is 0.379 e. The molecule has 0 radical (unpaired) electrons. The van der Waals surface area contributed by atoms with Crippen LogP contribution in [0.4, 0.5) is 0 Å². The van der Waals surface area contributed by atoms with Crippen molar-refractivity contribution in [1.29, 1.82) is 0 Å². The Morgan fingerprint density at radius 2 is 1.95 bits per heavy atom. The van der Waals surface area contributed by atoms with Crippen molar-refractivity contribution in [2.24, 2.45) is 0 Å². The second kappa shape index (κ2) is 8.65. The second-order valence-electron chi connectivity index (χ2n) is 4.52. The van der Waals surface area contributed by atoms with Crippen LogP contribution < -0.4 is 0 Å². The minimum absolute atomic E-state index is 0. The van der Waals surface area contributed by atoms with Crippen LogP contribution in [-0.4, -0.2) is 22.8 Å². The zero-order valence-corrected chi connectivity index (χ0v) is 13.7. The third kappa shape index (κ3) is 5.08. The highest BCUT2D eigenvalue weighted by Gasteiger charge is 2.19. The highest BCUT2D eigenvalue weighted by molar-refractivity contribution is 7.10. The number of halogens is 2. The number of benzene rings is 1. The smallest absolute Gasteiger partial charge is 0.104 e. The monoisotopic (exact) mass is 331 g/mol. The van der Waals surface area contributed by atoms with Crippen LogP contribution in [0, 0.1) is 0 Å². The van der Waals surface area contributed by atoms with Crippen LogP contribution in [0.25, 0.3) is 0 Å². The number of rotatable bonds is 1. The van der Waals surface area contributed by atoms with Crippen LogP contribution in [-0.2, 0) is 13.0 Å². The van der Waals surface area contributed by atoms with Crippen LogP contribution in [0.2, 0.25) is 5.02 Å². The number of aliphatic hydroxyl groups excluding tert-OH is 1. The molecule has 1 unspecified atom stereocenters. The number of aliphatic hydroxyl groups is 1. The van der Waals surface area contributed by atoms with Gasteiger partial charge < -0.3 is 5.11 Å². The Balaban J connectivity index is 0.000000216. The van der Waals surface area contributed by atoms with E-state index in [1.807, 2.05) is 48.6 Å². The minimum atomic E-state index is -0.307. The van der Waals surface area contributed by atoms with Gasteiger partial charge in [-0.2, -0.15) is 0 Å². The molecular formula is C15H19Cl2NOS. The van der Waals surface area contributed by atoms with E-state index in [9.17, 15) is 5.11 Å². The Hall–Kier alpha value is -0.580. The maximum absolute atomic E-state index is 9.37. The molecule has 5 heteroatoms. The standard InChI is InChI=1S/C9H13NOS.C6H5Cl.ClH/c1-7(11)10-4-2-9-8(6-10)3-5-12-9;7-6-4-2-1-3-5-6;/h3,5,7,11H,2,4,6H2,1H3;1-5H;1H. The van der Waals surface area contributed by atoms with Gasteiger partial charge in [0.1, 0.15) is 6.23 Å². The summed E-state index contributed by atoms with van der Waals surface area (Å²) < 4.78 is 0. The summed E-state index contributed by atoms with van der Waals surface area (Å²) in [6, 6.07) is 11.6. The molecule has 0 bridgehead atoms. The van der Waals surface area contributed by atoms with Crippen LogP contribution in [0.15, 0.2) is 41.8 Å². The summed E-state index contributed by atoms with van der Waals surface area (Å²) >= 11 is 7.37. The van der Waals surface area contributed by atoms with Gasteiger partial charge in [-0.25, -0.2) is 0 Å². The van der Waals surface area contributed by atoms with Crippen molar-refractivity contribution in [3.63, 3.8) is 0 Å². The first kappa shape index (κ1) is 17.5. The molecule has 2 heterocycles. The molecule has 2 aromatic rings. The third-order valence-corrected chi connectivity index (χ3v) is 4.37. The van der Waals surface area contributed by atoms with Gasteiger partial charge in [-0.05, 0) is 42.5 Å². The molecule has 0 saturated heterocycles. The van der Waals surface area contributed by atoms with Gasteiger partial charge in [0.15, 0.2) is 0 Å². The molecule has 1 aromatic carbocycles. The van der Waals surface area contributed by atoms with Crippen molar-refractivity contribution in [2.45, 2.75) is 26.1 Å². The lowest BCUT2D eigenvalue weighted by Gasteiger charge is -2.28. The van der Waals surface area contributed by atoms with Crippen molar-refractivity contribution >= 4 is 35.3 Å². The van der Waals surface area contributed by atoms with E-state index >= 15 is 0 Å². The maximum Gasteiger partial charge on any atom is 0.104 e. The molecule has 0 aliphatic carbocycles. The van der Waals surface area contributed by atoms with E-state index in [2.05, 4.69) is 16.3 Å². The molecule has 1 aromatic heterocycles. The Kier molecular flexibility index (Phi) is 7.56. The lowest BCUT2D eigenvalue weighted by atomic mass is 10.1. The summed E-state index contributed by atoms with van der Waals surface area (Å²) in [7, 11) is 0. The molecule has 20 heavy (non-hydrogen) atoms. The molecule has 0 spiro atoms. The lowest BCUT2D eigenvalue weighted by molar-refractivity contribution is 0.00963. The first-order valence-corrected chi connectivity index (χ1v) is 7.60. The molecule has 1 N–H and O–H groups in total. The maximum atomic E-state index is 9.37. The van der Waals surface area contributed by atoms with Crippen molar-refractivity contribution in [3.8, 4) is 0 Å². The Morgan fingerprint density at radius 3 is 2.50 bits per heavy atom. The summed E-state index contributed by atoms with van der Waals surface area (Å²) in [5.74, 6) is 0. The summed E-state index contributed by atoms with van der Waals surface area (Å²) in [6.45, 7) is 3.74. The van der Waals surface area contributed by atoms with E-state index in [-0.39, 0.29) is 18.6 Å². The van der Waals surface area contributed by atoms with Crippen molar-refractivity contribution in [3.05, 3.63) is 57.2 Å². The summed E-state index contributed by atoms with van der Waals surface area (Å²) in [5.41, 5.74) is 1.40. The van der Waals surface area contributed by atoms with Crippen molar-refractivity contribution in [2.75, 3.05) is 6.54 Å². The normalized spacial score (nSPS) is 15.3. The predicted molar refractivity (Wildman–Crippen MR) is 88.8 cm³/mol. The minimum Gasteiger partial charge on any atom is -0.379 e. The predicted octanol–water partition coefficient (Wildman–Crippen LogP) is 4.21. The third-order valence-electron chi connectivity index (χ3n) is 3.10. The van der Waals surface area contributed by atoms with E-state index in [4.69, 9.17) is 11.6 Å². The molecule has 0 amide bonds. The zero-order chi connectivity index (χ0) is 13.7. The molecular weight excluding hydrogens is 313 g/mol. The van der Waals surface area contributed by atoms with E-state index < -0.39 is 0 Å². The second-order valence-corrected chi connectivity index (χ2v) is 5.95. The molecule has 0 saturated carbocycles. The molecule has 3 rings (SSSR count). The number of hydrogen-bond acceptors (Lipinski definition) is 3. The van der Waals surface area contributed by atoms with E-state index in [1.165, 1.54) is 10.4 Å². The number of thiophene rings is 1. The quantitative estimate of drug-likeness (QED) is 0.846. The van der Waals surface area contributed by atoms with Gasteiger partial charge in [-0.15, -0.1) is 23.7 Å². The zero-order valence-electron chi connectivity index (χ0n) is 11.3. The highest BCUT2D eigenvalue weighted by Crippen LogP contribution is 2.24. The van der Waals surface area contributed by atoms with Crippen molar-refractivity contribution < 1.29 is 5.11 Å². The first-order valence-electron chi connectivity index (χ1n) is 6.34. The van der Waals surface area contributed by atoms with Crippen LogP contribution in [0.5, 0.6) is 0 Å². The number of nitrogens with zero attached hydrogens (tertiary/aromatic N) is 1. The first-order chi connectivity index (χ1) is 9.16. The van der Waals surface area contributed by atoms with Crippen LogP contribution >= 0.6 is 35.3 Å². The highest BCUT2D eigenvalue weighted by atomic mass is 35.5. The Labute approximate surface area is 135 Å². The average molecular weight is 332 g/mol. The van der Waals surface area contributed by atoms with Gasteiger partial charge in [0.05, 0.1) is 0 Å². The molecule has 0 fully saturated rings. The lowest BCUT2D eigenvalue weighted by Crippen LogP contribution is -2.36. The van der Waals surface area contributed by atoms with Gasteiger partial charge in [-0.1, -0.05) is 29.8 Å². The SMILES string of the molecule is CC(O)N1CCc2sccc2C1.Cl.Clc1ccccc1. The molecule has 2 nitrogen and oxygen atoms in total. The van der Waals surface area contributed by atoms with Gasteiger partial charge in [0.25, 0.3) is 0 Å². The topological polar surface area (TPSA) is 23.5 Å². The Morgan fingerprint density at radius 1 is 1.25 bits per heavy atom. The fraction of sp³-hybridized carbons (Fsp3) is 0.333. The van der Waals surface area contributed by atoms with Crippen LogP contribution in [0.3, 0.4) is 0 Å². The average Bonchev–Trinajstić information content (AvgIpc) is 2.87. The van der Waals surface area contributed by atoms with E-state index in [0.717, 1.165) is 24.5 Å².